The van der Waals surface area contributed by atoms with E-state index in [1.54, 1.807) is 12.4 Å². The molecule has 72 valence electrons. The first-order valence-corrected chi connectivity index (χ1v) is 4.60. The minimum Gasteiger partial charge on any atom is -0.340 e. The second-order valence-corrected chi connectivity index (χ2v) is 3.45. The summed E-state index contributed by atoms with van der Waals surface area (Å²) in [6.07, 6.45) is 3.45. The van der Waals surface area contributed by atoms with Gasteiger partial charge in [-0.15, -0.1) is 5.10 Å². The Morgan fingerprint density at radius 2 is 2.21 bits per heavy atom. The monoisotopic (exact) mass is 188 g/mol. The van der Waals surface area contributed by atoms with Crippen molar-refractivity contribution in [2.45, 2.75) is 19.8 Å². The van der Waals surface area contributed by atoms with Crippen LogP contribution in [0.15, 0.2) is 24.5 Å². The van der Waals surface area contributed by atoms with Crippen LogP contribution in [0.4, 0.5) is 0 Å². The van der Waals surface area contributed by atoms with Crippen LogP contribution in [0, 0.1) is 0 Å². The molecule has 0 fully saturated rings. The first-order valence-electron chi connectivity index (χ1n) is 4.60. The van der Waals surface area contributed by atoms with Gasteiger partial charge in [0.2, 0.25) is 0 Å². The molecule has 0 atom stereocenters. The maximum Gasteiger partial charge on any atom is 0.111 e. The van der Waals surface area contributed by atoms with Crippen molar-refractivity contribution in [2.24, 2.45) is 0 Å². The Kier molecular flexibility index (Phi) is 2.26. The minimum absolute atomic E-state index is 0.403. The van der Waals surface area contributed by atoms with Crippen LogP contribution in [0.3, 0.4) is 0 Å². The van der Waals surface area contributed by atoms with Crippen LogP contribution in [-0.2, 0) is 0 Å². The smallest absolute Gasteiger partial charge is 0.111 e. The Balaban J connectivity index is 2.34. The maximum absolute atomic E-state index is 4.27. The standard InChI is InChI=1S/C10H12N4/c1-7(2)10-11-6-9(13-10)8-4-3-5-12-14-8/h3-7H,1-2H3,(H,11,13). The number of nitrogens with zero attached hydrogens (tertiary/aromatic N) is 3. The third kappa shape index (κ3) is 1.64. The SMILES string of the molecule is CC(C)c1ncc(-c2cccnn2)[nH]1. The lowest BCUT2D eigenvalue weighted by Gasteiger charge is -1.97. The van der Waals surface area contributed by atoms with E-state index < -0.39 is 0 Å². The van der Waals surface area contributed by atoms with Gasteiger partial charge in [0.05, 0.1) is 11.9 Å². The number of imidazole rings is 1. The average Bonchev–Trinajstić information content (AvgIpc) is 2.68. The van der Waals surface area contributed by atoms with Crippen molar-refractivity contribution in [3.8, 4) is 11.4 Å². The number of aromatic amines is 1. The van der Waals surface area contributed by atoms with Crippen molar-refractivity contribution < 1.29 is 0 Å². The summed E-state index contributed by atoms with van der Waals surface area (Å²) in [4.78, 5) is 7.48. The number of nitrogens with one attached hydrogen (secondary N) is 1. The molecule has 14 heavy (non-hydrogen) atoms. The van der Waals surface area contributed by atoms with E-state index in [4.69, 9.17) is 0 Å². The molecule has 0 aliphatic heterocycles. The summed E-state index contributed by atoms with van der Waals surface area (Å²) in [6.45, 7) is 4.19. The van der Waals surface area contributed by atoms with Gasteiger partial charge in [0.15, 0.2) is 0 Å². The van der Waals surface area contributed by atoms with Gasteiger partial charge in [0.1, 0.15) is 11.5 Å². The molecule has 0 saturated carbocycles. The lowest BCUT2D eigenvalue weighted by atomic mass is 10.2. The number of hydrogen-bond acceptors (Lipinski definition) is 3. The first-order chi connectivity index (χ1) is 6.77. The van der Waals surface area contributed by atoms with E-state index in [2.05, 4.69) is 34.0 Å². The quantitative estimate of drug-likeness (QED) is 0.784. The van der Waals surface area contributed by atoms with E-state index in [1.165, 1.54) is 0 Å². The van der Waals surface area contributed by atoms with E-state index >= 15 is 0 Å². The van der Waals surface area contributed by atoms with E-state index in [-0.39, 0.29) is 0 Å². The molecule has 0 radical (unpaired) electrons. The zero-order chi connectivity index (χ0) is 9.97. The fraction of sp³-hybridized carbons (Fsp3) is 0.300. The molecule has 1 N–H and O–H groups in total. The Hall–Kier alpha value is -1.71. The molecule has 4 heteroatoms. The number of aromatic nitrogens is 4. The molecule has 0 bridgehead atoms. The predicted molar refractivity (Wildman–Crippen MR) is 53.7 cm³/mol. The van der Waals surface area contributed by atoms with Crippen LogP contribution < -0.4 is 0 Å². The molecule has 2 heterocycles. The third-order valence-corrected chi connectivity index (χ3v) is 1.99. The Morgan fingerprint density at radius 3 is 2.79 bits per heavy atom. The number of rotatable bonds is 2. The predicted octanol–water partition coefficient (Wildman–Crippen LogP) is 1.99. The van der Waals surface area contributed by atoms with Gasteiger partial charge in [0, 0.05) is 12.1 Å². The highest BCUT2D eigenvalue weighted by atomic mass is 15.1. The van der Waals surface area contributed by atoms with Crippen molar-refractivity contribution in [1.29, 1.82) is 0 Å². The summed E-state index contributed by atoms with van der Waals surface area (Å²) in [5, 5.41) is 7.82. The Labute approximate surface area is 82.4 Å². The molecule has 2 aromatic rings. The van der Waals surface area contributed by atoms with Crippen LogP contribution in [0.1, 0.15) is 25.6 Å². The van der Waals surface area contributed by atoms with Gasteiger partial charge in [-0.05, 0) is 12.1 Å². The lowest BCUT2D eigenvalue weighted by molar-refractivity contribution is 0.794. The molecular weight excluding hydrogens is 176 g/mol. The van der Waals surface area contributed by atoms with Crippen LogP contribution in [0.2, 0.25) is 0 Å². The second kappa shape index (κ2) is 3.57. The molecule has 0 aliphatic carbocycles. The van der Waals surface area contributed by atoms with Gasteiger partial charge in [-0.2, -0.15) is 5.10 Å². The van der Waals surface area contributed by atoms with Crippen LogP contribution in [-0.4, -0.2) is 20.2 Å². The van der Waals surface area contributed by atoms with Crippen molar-refractivity contribution in [3.63, 3.8) is 0 Å². The molecule has 0 saturated heterocycles. The largest absolute Gasteiger partial charge is 0.340 e. The number of hydrogen-bond donors (Lipinski definition) is 1. The molecule has 0 spiro atoms. The van der Waals surface area contributed by atoms with E-state index in [1.807, 2.05) is 12.1 Å². The summed E-state index contributed by atoms with van der Waals surface area (Å²) >= 11 is 0. The number of H-pyrrole nitrogens is 1. The lowest BCUT2D eigenvalue weighted by Crippen LogP contribution is -1.90. The highest BCUT2D eigenvalue weighted by Crippen LogP contribution is 2.16. The van der Waals surface area contributed by atoms with E-state index in [0.29, 0.717) is 5.92 Å². The van der Waals surface area contributed by atoms with Gasteiger partial charge in [-0.25, -0.2) is 4.98 Å². The van der Waals surface area contributed by atoms with Gasteiger partial charge < -0.3 is 4.98 Å². The van der Waals surface area contributed by atoms with Crippen molar-refractivity contribution >= 4 is 0 Å². The second-order valence-electron chi connectivity index (χ2n) is 3.45. The van der Waals surface area contributed by atoms with Gasteiger partial charge in [-0.1, -0.05) is 13.8 Å². The maximum atomic E-state index is 4.27. The third-order valence-electron chi connectivity index (χ3n) is 1.99. The molecule has 0 amide bonds. The Morgan fingerprint density at radius 1 is 1.36 bits per heavy atom. The van der Waals surface area contributed by atoms with Crippen molar-refractivity contribution in [3.05, 3.63) is 30.4 Å². The summed E-state index contributed by atoms with van der Waals surface area (Å²) < 4.78 is 0. The zero-order valence-corrected chi connectivity index (χ0v) is 8.23. The fourth-order valence-corrected chi connectivity index (χ4v) is 1.21. The average molecular weight is 188 g/mol. The molecule has 0 aromatic carbocycles. The molecule has 0 unspecified atom stereocenters. The minimum atomic E-state index is 0.403. The van der Waals surface area contributed by atoms with Gasteiger partial charge >= 0.3 is 0 Å². The van der Waals surface area contributed by atoms with E-state index in [9.17, 15) is 0 Å². The normalized spacial score (nSPS) is 10.8. The van der Waals surface area contributed by atoms with E-state index in [0.717, 1.165) is 17.2 Å². The molecule has 4 nitrogen and oxygen atoms in total. The topological polar surface area (TPSA) is 54.5 Å². The summed E-state index contributed by atoms with van der Waals surface area (Å²) in [5.74, 6) is 1.38. The van der Waals surface area contributed by atoms with Crippen LogP contribution in [0.5, 0.6) is 0 Å². The fourth-order valence-electron chi connectivity index (χ4n) is 1.21. The highest BCUT2D eigenvalue weighted by Gasteiger charge is 2.06. The molecule has 2 aromatic heterocycles. The zero-order valence-electron chi connectivity index (χ0n) is 8.23. The summed E-state index contributed by atoms with van der Waals surface area (Å²) in [5.41, 5.74) is 1.74. The molecule has 0 aliphatic rings. The summed E-state index contributed by atoms with van der Waals surface area (Å²) in [7, 11) is 0. The van der Waals surface area contributed by atoms with Crippen LogP contribution in [0.25, 0.3) is 11.4 Å². The highest BCUT2D eigenvalue weighted by molar-refractivity contribution is 5.51. The molecular formula is C10H12N4. The van der Waals surface area contributed by atoms with Gasteiger partial charge in [0.25, 0.3) is 0 Å². The first kappa shape index (κ1) is 8.87. The van der Waals surface area contributed by atoms with Crippen LogP contribution >= 0.6 is 0 Å². The van der Waals surface area contributed by atoms with Crippen molar-refractivity contribution in [2.75, 3.05) is 0 Å². The van der Waals surface area contributed by atoms with Crippen molar-refractivity contribution in [1.82, 2.24) is 20.2 Å². The van der Waals surface area contributed by atoms with Gasteiger partial charge in [-0.3, -0.25) is 0 Å². The summed E-state index contributed by atoms with van der Waals surface area (Å²) in [6, 6.07) is 3.77. The Bertz CT molecular complexity index is 405. The molecule has 2 rings (SSSR count).